The van der Waals surface area contributed by atoms with Crippen LogP contribution in [-0.4, -0.2) is 41.4 Å². The zero-order chi connectivity index (χ0) is 19.0. The van der Waals surface area contributed by atoms with E-state index in [1.165, 1.54) is 12.1 Å². The first-order chi connectivity index (χ1) is 12.3. The third-order valence-electron chi connectivity index (χ3n) is 4.28. The summed E-state index contributed by atoms with van der Waals surface area (Å²) in [6, 6.07) is 1.95. The highest BCUT2D eigenvalue weighted by Crippen LogP contribution is 2.43. The number of thiocarbonyl (C=S) groups is 1. The van der Waals surface area contributed by atoms with Crippen molar-refractivity contribution in [2.45, 2.75) is 19.9 Å². The van der Waals surface area contributed by atoms with E-state index in [-0.39, 0.29) is 36.0 Å². The van der Waals surface area contributed by atoms with Gasteiger partial charge in [-0.1, -0.05) is 0 Å². The number of nitro benzene ring substituents is 1. The van der Waals surface area contributed by atoms with Crippen molar-refractivity contribution in [3.8, 4) is 11.5 Å². The van der Waals surface area contributed by atoms with Gasteiger partial charge < -0.3 is 24.4 Å². The molecule has 26 heavy (non-hydrogen) atoms. The standard InChI is InChI=1S/C16H17N3O6S/c1-4-23-15(20)13-8(2)18(3)16(26)17-14(13)9-5-11-12(25-7-24-11)6-10(9)19(21)22/h5-6,14H,4,7H2,1-3H3,(H,17,26)/t14-/m0/s1. The minimum atomic E-state index is -0.840. The molecule has 0 aliphatic carbocycles. The van der Waals surface area contributed by atoms with Gasteiger partial charge in [0.25, 0.3) is 5.69 Å². The Labute approximate surface area is 154 Å². The lowest BCUT2D eigenvalue weighted by Gasteiger charge is -2.35. The molecule has 2 aliphatic rings. The zero-order valence-corrected chi connectivity index (χ0v) is 15.2. The molecule has 0 radical (unpaired) electrons. The van der Waals surface area contributed by atoms with Crippen LogP contribution in [0.5, 0.6) is 11.5 Å². The van der Waals surface area contributed by atoms with Crippen LogP contribution in [0.4, 0.5) is 5.69 Å². The molecule has 0 unspecified atom stereocenters. The first-order valence-electron chi connectivity index (χ1n) is 7.85. The monoisotopic (exact) mass is 379 g/mol. The largest absolute Gasteiger partial charge is 0.463 e. The Hall–Kier alpha value is -2.88. The third kappa shape index (κ3) is 2.92. The number of benzene rings is 1. The van der Waals surface area contributed by atoms with Crippen molar-refractivity contribution >= 4 is 29.0 Å². The lowest BCUT2D eigenvalue weighted by atomic mass is 9.93. The number of hydrogen-bond donors (Lipinski definition) is 1. The molecule has 0 aromatic heterocycles. The minimum Gasteiger partial charge on any atom is -0.463 e. The Kier molecular flexibility index (Phi) is 4.68. The molecule has 2 heterocycles. The van der Waals surface area contributed by atoms with Crippen LogP contribution in [0.15, 0.2) is 23.4 Å². The molecule has 0 fully saturated rings. The summed E-state index contributed by atoms with van der Waals surface area (Å²) >= 11 is 5.30. The maximum absolute atomic E-state index is 12.5. The van der Waals surface area contributed by atoms with Crippen molar-refractivity contribution in [1.82, 2.24) is 10.2 Å². The number of carbonyl (C=O) groups is 1. The van der Waals surface area contributed by atoms with Gasteiger partial charge in [-0.05, 0) is 32.1 Å². The van der Waals surface area contributed by atoms with Crippen LogP contribution in [0.3, 0.4) is 0 Å². The van der Waals surface area contributed by atoms with Gasteiger partial charge in [-0.3, -0.25) is 10.1 Å². The number of ether oxygens (including phenoxy) is 3. The van der Waals surface area contributed by atoms with E-state index in [1.807, 2.05) is 0 Å². The highest BCUT2D eigenvalue weighted by Gasteiger charge is 2.38. The van der Waals surface area contributed by atoms with Crippen molar-refractivity contribution in [2.24, 2.45) is 0 Å². The van der Waals surface area contributed by atoms with E-state index < -0.39 is 16.9 Å². The molecule has 9 nitrogen and oxygen atoms in total. The van der Waals surface area contributed by atoms with Crippen LogP contribution >= 0.6 is 12.2 Å². The number of allylic oxidation sites excluding steroid dienone is 1. The second-order valence-electron chi connectivity index (χ2n) is 5.68. The Balaban J connectivity index is 2.18. The molecule has 0 saturated carbocycles. The molecule has 1 atom stereocenters. The van der Waals surface area contributed by atoms with Gasteiger partial charge in [-0.15, -0.1) is 0 Å². The first kappa shape index (κ1) is 17.9. The summed E-state index contributed by atoms with van der Waals surface area (Å²) in [5.41, 5.74) is 0.861. The summed E-state index contributed by atoms with van der Waals surface area (Å²) in [6.45, 7) is 3.57. The summed E-state index contributed by atoms with van der Waals surface area (Å²) in [4.78, 5) is 25.2. The molecule has 1 aromatic rings. The highest BCUT2D eigenvalue weighted by atomic mass is 32.1. The Bertz CT molecular complexity index is 838. The molecular formula is C16H17N3O6S. The second kappa shape index (κ2) is 6.79. The fraction of sp³-hybridized carbons (Fsp3) is 0.375. The Morgan fingerprint density at radius 2 is 2.12 bits per heavy atom. The van der Waals surface area contributed by atoms with Crippen molar-refractivity contribution in [3.05, 3.63) is 39.1 Å². The highest BCUT2D eigenvalue weighted by molar-refractivity contribution is 7.80. The quantitative estimate of drug-likeness (QED) is 0.364. The summed E-state index contributed by atoms with van der Waals surface area (Å²) in [5, 5.41) is 14.9. The van der Waals surface area contributed by atoms with Gasteiger partial charge in [0.15, 0.2) is 16.6 Å². The number of fused-ring (bicyclic) bond motifs is 1. The van der Waals surface area contributed by atoms with Crippen molar-refractivity contribution in [2.75, 3.05) is 20.4 Å². The fourth-order valence-electron chi connectivity index (χ4n) is 2.88. The summed E-state index contributed by atoms with van der Waals surface area (Å²) in [6.07, 6.45) is 0. The molecule has 10 heteroatoms. The number of nitrogens with one attached hydrogen (secondary N) is 1. The summed E-state index contributed by atoms with van der Waals surface area (Å²) in [7, 11) is 1.70. The van der Waals surface area contributed by atoms with Crippen molar-refractivity contribution < 1.29 is 23.9 Å². The van der Waals surface area contributed by atoms with Crippen LogP contribution in [0.25, 0.3) is 0 Å². The first-order valence-corrected chi connectivity index (χ1v) is 8.26. The van der Waals surface area contributed by atoms with Gasteiger partial charge >= 0.3 is 5.97 Å². The van der Waals surface area contributed by atoms with Gasteiger partial charge in [0, 0.05) is 12.7 Å². The molecular weight excluding hydrogens is 362 g/mol. The summed E-state index contributed by atoms with van der Waals surface area (Å²) in [5.74, 6) is 0.0938. The topological polar surface area (TPSA) is 103 Å². The van der Waals surface area contributed by atoms with Crippen LogP contribution < -0.4 is 14.8 Å². The van der Waals surface area contributed by atoms with Crippen LogP contribution in [0, 0.1) is 10.1 Å². The lowest BCUT2D eigenvalue weighted by molar-refractivity contribution is -0.385. The molecule has 0 saturated heterocycles. The van der Waals surface area contributed by atoms with Gasteiger partial charge in [0.2, 0.25) is 6.79 Å². The number of esters is 1. The smallest absolute Gasteiger partial charge is 0.338 e. The van der Waals surface area contributed by atoms with Gasteiger partial charge in [-0.25, -0.2) is 4.79 Å². The predicted octanol–water partition coefficient (Wildman–Crippen LogP) is 2.02. The number of hydrogen-bond acceptors (Lipinski definition) is 7. The van der Waals surface area contributed by atoms with Crippen LogP contribution in [0.1, 0.15) is 25.5 Å². The average molecular weight is 379 g/mol. The molecule has 0 bridgehead atoms. The van der Waals surface area contributed by atoms with Crippen LogP contribution in [-0.2, 0) is 9.53 Å². The van der Waals surface area contributed by atoms with E-state index in [9.17, 15) is 14.9 Å². The average Bonchev–Trinajstić information content (AvgIpc) is 3.05. The molecule has 2 aliphatic heterocycles. The maximum atomic E-state index is 12.5. The van der Waals surface area contributed by atoms with Crippen LogP contribution in [0.2, 0.25) is 0 Å². The van der Waals surface area contributed by atoms with Crippen molar-refractivity contribution in [3.63, 3.8) is 0 Å². The fourth-order valence-corrected chi connectivity index (χ4v) is 3.13. The number of nitro groups is 1. The maximum Gasteiger partial charge on any atom is 0.338 e. The predicted molar refractivity (Wildman–Crippen MR) is 94.8 cm³/mol. The lowest BCUT2D eigenvalue weighted by Crippen LogP contribution is -2.46. The molecule has 138 valence electrons. The number of nitrogens with zero attached hydrogens (tertiary/aromatic N) is 2. The second-order valence-corrected chi connectivity index (χ2v) is 6.07. The molecule has 3 rings (SSSR count). The van der Waals surface area contributed by atoms with E-state index in [0.717, 1.165) is 0 Å². The SMILES string of the molecule is CCOC(=O)C1=C(C)N(C)C(=S)N[C@H]1c1cc2c(cc1[N+](=O)[O-])OCO2. The van der Waals surface area contributed by atoms with E-state index in [2.05, 4.69) is 5.32 Å². The normalized spacial score (nSPS) is 18.7. The number of carbonyl (C=O) groups excluding carboxylic acids is 1. The van der Waals surface area contributed by atoms with Gasteiger partial charge in [0.1, 0.15) is 0 Å². The molecule has 1 N–H and O–H groups in total. The molecule has 1 aromatic carbocycles. The summed E-state index contributed by atoms with van der Waals surface area (Å²) < 4.78 is 15.7. The van der Waals surface area contributed by atoms with Gasteiger partial charge in [0.05, 0.1) is 34.8 Å². The van der Waals surface area contributed by atoms with E-state index in [0.29, 0.717) is 16.6 Å². The molecule has 0 amide bonds. The third-order valence-corrected chi connectivity index (χ3v) is 4.67. The zero-order valence-electron chi connectivity index (χ0n) is 14.4. The number of rotatable bonds is 4. The van der Waals surface area contributed by atoms with E-state index in [4.69, 9.17) is 26.4 Å². The molecule has 0 spiro atoms. The van der Waals surface area contributed by atoms with Crippen molar-refractivity contribution in [1.29, 1.82) is 0 Å². The van der Waals surface area contributed by atoms with E-state index in [1.54, 1.807) is 25.8 Å². The Morgan fingerprint density at radius 1 is 1.46 bits per heavy atom. The minimum absolute atomic E-state index is 0.0191. The Morgan fingerprint density at radius 3 is 2.73 bits per heavy atom. The van der Waals surface area contributed by atoms with Gasteiger partial charge in [-0.2, -0.15) is 0 Å². The van der Waals surface area contributed by atoms with E-state index >= 15 is 0 Å².